The Kier molecular flexibility index (Phi) is 6.39. The van der Waals surface area contributed by atoms with Crippen LogP contribution < -0.4 is 5.32 Å². The van der Waals surface area contributed by atoms with Gasteiger partial charge in [0.2, 0.25) is 0 Å². The maximum atomic E-state index is 12.1. The molecule has 0 bridgehead atoms. The Bertz CT molecular complexity index is 427. The predicted molar refractivity (Wildman–Crippen MR) is 77.1 cm³/mol. The molecule has 0 radical (unpaired) electrons. The van der Waals surface area contributed by atoms with E-state index in [9.17, 15) is 13.2 Å². The SMILES string of the molecule is Cc1nn(CCSC(F)(F)F)c(C)c1CCNC(C)C. The number of rotatable bonds is 7. The van der Waals surface area contributed by atoms with Gasteiger partial charge in [-0.05, 0) is 44.1 Å². The van der Waals surface area contributed by atoms with Crippen molar-refractivity contribution in [3.63, 3.8) is 0 Å². The van der Waals surface area contributed by atoms with Gasteiger partial charge in [0.25, 0.3) is 0 Å². The average Bonchev–Trinajstić information content (AvgIpc) is 2.54. The maximum absolute atomic E-state index is 12.1. The van der Waals surface area contributed by atoms with Gasteiger partial charge >= 0.3 is 5.51 Å². The van der Waals surface area contributed by atoms with Gasteiger partial charge in [-0.15, -0.1) is 0 Å². The highest BCUT2D eigenvalue weighted by Gasteiger charge is 2.27. The molecule has 7 heteroatoms. The Morgan fingerprint density at radius 2 is 1.95 bits per heavy atom. The van der Waals surface area contributed by atoms with Crippen LogP contribution in [0, 0.1) is 13.8 Å². The third-order valence-corrected chi connectivity index (χ3v) is 3.74. The van der Waals surface area contributed by atoms with E-state index in [-0.39, 0.29) is 24.1 Å². The number of aromatic nitrogens is 2. The van der Waals surface area contributed by atoms with Crippen LogP contribution in [-0.4, -0.2) is 33.6 Å². The molecule has 0 saturated carbocycles. The summed E-state index contributed by atoms with van der Waals surface area (Å²) in [6, 6.07) is 0.425. The van der Waals surface area contributed by atoms with Crippen LogP contribution in [0.1, 0.15) is 30.8 Å². The minimum absolute atomic E-state index is 0.000819. The summed E-state index contributed by atoms with van der Waals surface area (Å²) < 4.78 is 38.0. The van der Waals surface area contributed by atoms with E-state index in [0.29, 0.717) is 6.04 Å². The number of aryl methyl sites for hydroxylation is 2. The van der Waals surface area contributed by atoms with Crippen LogP contribution in [0.2, 0.25) is 0 Å². The van der Waals surface area contributed by atoms with E-state index in [4.69, 9.17) is 0 Å². The Hall–Kier alpha value is -0.690. The molecular formula is C13H22F3N3S. The molecule has 1 aromatic rings. The number of nitrogens with one attached hydrogen (secondary N) is 1. The summed E-state index contributed by atoms with van der Waals surface area (Å²) in [5, 5.41) is 7.67. The lowest BCUT2D eigenvalue weighted by Gasteiger charge is -2.09. The fraction of sp³-hybridized carbons (Fsp3) is 0.769. The molecule has 0 atom stereocenters. The van der Waals surface area contributed by atoms with Crippen molar-refractivity contribution in [3.05, 3.63) is 17.0 Å². The van der Waals surface area contributed by atoms with E-state index >= 15 is 0 Å². The molecule has 0 unspecified atom stereocenters. The summed E-state index contributed by atoms with van der Waals surface area (Å²) in [6.07, 6.45) is 0.849. The fourth-order valence-electron chi connectivity index (χ4n) is 2.05. The second-order valence-corrected chi connectivity index (χ2v) is 6.19. The third-order valence-electron chi connectivity index (χ3n) is 3.03. The van der Waals surface area contributed by atoms with Crippen molar-refractivity contribution in [2.75, 3.05) is 12.3 Å². The minimum atomic E-state index is -4.17. The third kappa shape index (κ3) is 5.75. The molecule has 0 spiro atoms. The van der Waals surface area contributed by atoms with Gasteiger partial charge in [0.15, 0.2) is 0 Å². The topological polar surface area (TPSA) is 29.9 Å². The monoisotopic (exact) mass is 309 g/mol. The van der Waals surface area contributed by atoms with Crippen LogP contribution in [-0.2, 0) is 13.0 Å². The molecule has 1 rings (SSSR count). The first-order chi connectivity index (χ1) is 9.20. The number of hydrogen-bond acceptors (Lipinski definition) is 3. The van der Waals surface area contributed by atoms with Gasteiger partial charge in [-0.1, -0.05) is 13.8 Å². The van der Waals surface area contributed by atoms with Gasteiger partial charge in [0, 0.05) is 17.5 Å². The lowest BCUT2D eigenvalue weighted by atomic mass is 10.1. The van der Waals surface area contributed by atoms with Crippen LogP contribution in [0.3, 0.4) is 0 Å². The zero-order valence-corrected chi connectivity index (χ0v) is 13.2. The Morgan fingerprint density at radius 1 is 1.30 bits per heavy atom. The fourth-order valence-corrected chi connectivity index (χ4v) is 2.54. The summed E-state index contributed by atoms with van der Waals surface area (Å²) in [4.78, 5) is 0. The van der Waals surface area contributed by atoms with Crippen molar-refractivity contribution < 1.29 is 13.2 Å². The maximum Gasteiger partial charge on any atom is 0.441 e. The summed E-state index contributed by atoms with van der Waals surface area (Å²) in [5.74, 6) is -0.00482. The van der Waals surface area contributed by atoms with Gasteiger partial charge in [0.05, 0.1) is 12.2 Å². The molecule has 0 aliphatic heterocycles. The molecule has 20 heavy (non-hydrogen) atoms. The quantitative estimate of drug-likeness (QED) is 0.838. The van der Waals surface area contributed by atoms with Crippen LogP contribution in [0.4, 0.5) is 13.2 Å². The summed E-state index contributed by atoms with van der Waals surface area (Å²) in [5.41, 5.74) is -1.16. The van der Waals surface area contributed by atoms with Crippen molar-refractivity contribution in [3.8, 4) is 0 Å². The van der Waals surface area contributed by atoms with E-state index < -0.39 is 5.51 Å². The molecule has 1 N–H and O–H groups in total. The molecule has 0 aromatic carbocycles. The van der Waals surface area contributed by atoms with Crippen LogP contribution >= 0.6 is 11.8 Å². The molecule has 0 fully saturated rings. The number of hydrogen-bond donors (Lipinski definition) is 1. The zero-order valence-electron chi connectivity index (χ0n) is 12.3. The number of alkyl halides is 3. The highest BCUT2D eigenvalue weighted by atomic mass is 32.2. The molecule has 3 nitrogen and oxygen atoms in total. The molecule has 0 saturated heterocycles. The van der Waals surface area contributed by atoms with Crippen molar-refractivity contribution in [1.29, 1.82) is 0 Å². The molecule has 0 amide bonds. The molecule has 0 aliphatic rings. The molecular weight excluding hydrogens is 287 g/mol. The zero-order chi connectivity index (χ0) is 15.3. The van der Waals surface area contributed by atoms with Crippen LogP contribution in [0.5, 0.6) is 0 Å². The second-order valence-electron chi connectivity index (χ2n) is 5.03. The second kappa shape index (κ2) is 7.36. The smallest absolute Gasteiger partial charge is 0.314 e. The first kappa shape index (κ1) is 17.4. The van der Waals surface area contributed by atoms with E-state index in [0.717, 1.165) is 29.9 Å². The summed E-state index contributed by atoms with van der Waals surface area (Å²) >= 11 is 0.000819. The predicted octanol–water partition coefficient (Wildman–Crippen LogP) is 3.29. The number of thioether (sulfide) groups is 1. The van der Waals surface area contributed by atoms with E-state index in [1.54, 1.807) is 4.68 Å². The normalized spacial score (nSPS) is 12.4. The van der Waals surface area contributed by atoms with Gasteiger partial charge in [-0.2, -0.15) is 18.3 Å². The largest absolute Gasteiger partial charge is 0.441 e. The number of halogens is 3. The van der Waals surface area contributed by atoms with Crippen molar-refractivity contribution in [2.45, 2.75) is 52.2 Å². The number of nitrogens with zero attached hydrogens (tertiary/aromatic N) is 2. The average molecular weight is 309 g/mol. The van der Waals surface area contributed by atoms with Gasteiger partial charge in [-0.3, -0.25) is 4.68 Å². The summed E-state index contributed by atoms with van der Waals surface area (Å²) in [7, 11) is 0. The lowest BCUT2D eigenvalue weighted by Crippen LogP contribution is -2.25. The van der Waals surface area contributed by atoms with Crippen LogP contribution in [0.25, 0.3) is 0 Å². The van der Waals surface area contributed by atoms with E-state index in [1.807, 2.05) is 13.8 Å². The van der Waals surface area contributed by atoms with E-state index in [2.05, 4.69) is 24.3 Å². The van der Waals surface area contributed by atoms with Gasteiger partial charge in [0.1, 0.15) is 0 Å². The molecule has 1 aromatic heterocycles. The summed E-state index contributed by atoms with van der Waals surface area (Å²) in [6.45, 7) is 9.12. The molecule has 0 aliphatic carbocycles. The highest BCUT2D eigenvalue weighted by Crippen LogP contribution is 2.30. The Morgan fingerprint density at radius 3 is 2.50 bits per heavy atom. The molecule has 1 heterocycles. The first-order valence-electron chi connectivity index (χ1n) is 6.67. The van der Waals surface area contributed by atoms with Crippen LogP contribution in [0.15, 0.2) is 0 Å². The first-order valence-corrected chi connectivity index (χ1v) is 7.66. The van der Waals surface area contributed by atoms with Crippen molar-refractivity contribution in [2.24, 2.45) is 0 Å². The molecule has 116 valence electrons. The van der Waals surface area contributed by atoms with Gasteiger partial charge in [-0.25, -0.2) is 0 Å². The van der Waals surface area contributed by atoms with Crippen molar-refractivity contribution in [1.82, 2.24) is 15.1 Å². The standard InChI is InChI=1S/C13H22F3N3S/c1-9(2)17-6-5-12-10(3)18-19(11(12)4)7-8-20-13(14,15)16/h9,17H,5-8H2,1-4H3. The van der Waals surface area contributed by atoms with Crippen molar-refractivity contribution >= 4 is 11.8 Å². The highest BCUT2D eigenvalue weighted by molar-refractivity contribution is 8.00. The minimum Gasteiger partial charge on any atom is -0.314 e. The lowest BCUT2D eigenvalue weighted by molar-refractivity contribution is -0.0328. The van der Waals surface area contributed by atoms with E-state index in [1.165, 1.54) is 0 Å². The Balaban J connectivity index is 2.57. The Labute approximate surface area is 122 Å². The van der Waals surface area contributed by atoms with Gasteiger partial charge < -0.3 is 5.32 Å².